The van der Waals surface area contributed by atoms with Crippen LogP contribution in [0, 0.1) is 11.3 Å². The Morgan fingerprint density at radius 3 is 2.91 bits per heavy atom. The van der Waals surface area contributed by atoms with Crippen molar-refractivity contribution in [3.63, 3.8) is 0 Å². The van der Waals surface area contributed by atoms with Crippen molar-refractivity contribution in [2.75, 3.05) is 5.48 Å². The minimum Gasteiger partial charge on any atom is -0.291 e. The van der Waals surface area contributed by atoms with E-state index in [1.54, 1.807) is 6.07 Å². The van der Waals surface area contributed by atoms with Crippen molar-refractivity contribution in [3.05, 3.63) is 23.0 Å². The molecule has 1 heterocycles. The molecule has 0 saturated carbocycles. The molecule has 1 rings (SSSR count). The topological polar surface area (TPSA) is 68.9 Å². The SMILES string of the molecule is N#Cc1nc(Cl)ccc1NO. The van der Waals surface area contributed by atoms with E-state index in [0.717, 1.165) is 0 Å². The van der Waals surface area contributed by atoms with Crippen LogP contribution < -0.4 is 5.48 Å². The molecule has 0 aromatic carbocycles. The Morgan fingerprint density at radius 2 is 2.36 bits per heavy atom. The number of halogens is 1. The van der Waals surface area contributed by atoms with Gasteiger partial charge in [0.05, 0.1) is 5.69 Å². The average Bonchev–Trinajstić information content (AvgIpc) is 2.04. The van der Waals surface area contributed by atoms with E-state index >= 15 is 0 Å². The largest absolute Gasteiger partial charge is 0.291 e. The number of nitrogens with zero attached hydrogens (tertiary/aromatic N) is 2. The number of hydrogen-bond donors (Lipinski definition) is 2. The Balaban J connectivity index is 3.19. The predicted molar refractivity (Wildman–Crippen MR) is 39.4 cm³/mol. The average molecular weight is 170 g/mol. The van der Waals surface area contributed by atoms with Crippen LogP contribution in [-0.2, 0) is 0 Å². The Kier molecular flexibility index (Phi) is 2.26. The van der Waals surface area contributed by atoms with E-state index in [0.29, 0.717) is 0 Å². The molecular formula is C6H4ClN3O. The van der Waals surface area contributed by atoms with Crippen molar-refractivity contribution in [3.8, 4) is 6.07 Å². The zero-order chi connectivity index (χ0) is 8.27. The summed E-state index contributed by atoms with van der Waals surface area (Å²) in [6.07, 6.45) is 0. The first-order chi connectivity index (χ1) is 5.27. The number of hydrogen-bond acceptors (Lipinski definition) is 4. The highest BCUT2D eigenvalue weighted by atomic mass is 35.5. The molecule has 0 bridgehead atoms. The molecule has 0 radical (unpaired) electrons. The zero-order valence-electron chi connectivity index (χ0n) is 5.37. The summed E-state index contributed by atoms with van der Waals surface area (Å²) in [4.78, 5) is 3.64. The first-order valence-corrected chi connectivity index (χ1v) is 3.12. The quantitative estimate of drug-likeness (QED) is 0.493. The maximum Gasteiger partial charge on any atom is 0.167 e. The van der Waals surface area contributed by atoms with Crippen molar-refractivity contribution in [2.24, 2.45) is 0 Å². The van der Waals surface area contributed by atoms with Crippen LogP contribution in [0.15, 0.2) is 12.1 Å². The van der Waals surface area contributed by atoms with Crippen molar-refractivity contribution in [2.45, 2.75) is 0 Å². The van der Waals surface area contributed by atoms with E-state index in [2.05, 4.69) is 4.98 Å². The van der Waals surface area contributed by atoms with Crippen LogP contribution in [0.3, 0.4) is 0 Å². The first kappa shape index (κ1) is 7.79. The van der Waals surface area contributed by atoms with E-state index in [4.69, 9.17) is 22.1 Å². The van der Waals surface area contributed by atoms with Gasteiger partial charge in [-0.05, 0) is 12.1 Å². The normalized spacial score (nSPS) is 8.82. The molecule has 0 saturated heterocycles. The van der Waals surface area contributed by atoms with Gasteiger partial charge in [-0.15, -0.1) is 0 Å². The summed E-state index contributed by atoms with van der Waals surface area (Å²) in [6, 6.07) is 4.71. The second kappa shape index (κ2) is 3.19. The highest BCUT2D eigenvalue weighted by Gasteiger charge is 2.01. The lowest BCUT2D eigenvalue weighted by atomic mass is 10.3. The van der Waals surface area contributed by atoms with Gasteiger partial charge in [0.15, 0.2) is 5.69 Å². The Hall–Kier alpha value is -1.31. The summed E-state index contributed by atoms with van der Waals surface area (Å²) >= 11 is 5.48. The lowest BCUT2D eigenvalue weighted by molar-refractivity contribution is 0.388. The molecule has 0 aliphatic heterocycles. The first-order valence-electron chi connectivity index (χ1n) is 2.74. The van der Waals surface area contributed by atoms with Crippen molar-refractivity contribution < 1.29 is 5.21 Å². The van der Waals surface area contributed by atoms with Gasteiger partial charge in [-0.25, -0.2) is 4.98 Å². The van der Waals surface area contributed by atoms with Gasteiger partial charge in [0.25, 0.3) is 0 Å². The van der Waals surface area contributed by atoms with Crippen LogP contribution in [0.1, 0.15) is 5.69 Å². The fourth-order valence-electron chi connectivity index (χ4n) is 0.611. The molecule has 1 aromatic heterocycles. The standard InChI is InChI=1S/C6H4ClN3O/c7-6-2-1-4(10-11)5(3-8)9-6/h1-2,10-11H. The minimum atomic E-state index is 0.0694. The van der Waals surface area contributed by atoms with E-state index in [1.807, 2.05) is 5.48 Å². The van der Waals surface area contributed by atoms with Crippen molar-refractivity contribution >= 4 is 17.3 Å². The lowest BCUT2D eigenvalue weighted by Gasteiger charge is -1.98. The highest BCUT2D eigenvalue weighted by Crippen LogP contribution is 2.14. The van der Waals surface area contributed by atoms with E-state index in [9.17, 15) is 0 Å². The Bertz CT molecular complexity index is 307. The van der Waals surface area contributed by atoms with Gasteiger partial charge in [-0.2, -0.15) is 5.26 Å². The molecule has 0 fully saturated rings. The van der Waals surface area contributed by atoms with Crippen molar-refractivity contribution in [1.82, 2.24) is 4.98 Å². The number of aromatic nitrogens is 1. The van der Waals surface area contributed by atoms with Gasteiger partial charge >= 0.3 is 0 Å². The molecule has 1 aromatic rings. The fourth-order valence-corrected chi connectivity index (χ4v) is 0.758. The second-order valence-electron chi connectivity index (χ2n) is 1.75. The minimum absolute atomic E-state index is 0.0694. The summed E-state index contributed by atoms with van der Waals surface area (Å²) in [5.74, 6) is 0. The molecular weight excluding hydrogens is 166 g/mol. The van der Waals surface area contributed by atoms with Gasteiger partial charge < -0.3 is 0 Å². The van der Waals surface area contributed by atoms with Crippen LogP contribution >= 0.6 is 11.6 Å². The summed E-state index contributed by atoms with van der Waals surface area (Å²) in [5.41, 5.74) is 2.15. The molecule has 56 valence electrons. The van der Waals surface area contributed by atoms with E-state index in [-0.39, 0.29) is 16.5 Å². The molecule has 0 atom stereocenters. The maximum atomic E-state index is 8.46. The van der Waals surface area contributed by atoms with Crippen LogP contribution in [0.4, 0.5) is 5.69 Å². The molecule has 0 aliphatic carbocycles. The van der Waals surface area contributed by atoms with Crippen molar-refractivity contribution in [1.29, 1.82) is 5.26 Å². The Morgan fingerprint density at radius 1 is 1.64 bits per heavy atom. The van der Waals surface area contributed by atoms with Crippen LogP contribution in [0.2, 0.25) is 5.15 Å². The van der Waals surface area contributed by atoms with Gasteiger partial charge in [-0.3, -0.25) is 10.7 Å². The van der Waals surface area contributed by atoms with Gasteiger partial charge in [0.1, 0.15) is 11.2 Å². The number of nitrogens with one attached hydrogen (secondary N) is 1. The fraction of sp³-hybridized carbons (Fsp3) is 0. The van der Waals surface area contributed by atoms with Gasteiger partial charge in [0.2, 0.25) is 0 Å². The molecule has 2 N–H and O–H groups in total. The molecule has 4 nitrogen and oxygen atoms in total. The number of rotatable bonds is 1. The lowest BCUT2D eigenvalue weighted by Crippen LogP contribution is -1.95. The molecule has 5 heteroatoms. The summed E-state index contributed by atoms with van der Waals surface area (Å²) in [7, 11) is 0. The molecule has 11 heavy (non-hydrogen) atoms. The number of pyridine rings is 1. The van der Waals surface area contributed by atoms with Crippen LogP contribution in [0.25, 0.3) is 0 Å². The summed E-state index contributed by atoms with van der Waals surface area (Å²) in [6.45, 7) is 0. The van der Waals surface area contributed by atoms with Gasteiger partial charge in [-0.1, -0.05) is 11.6 Å². The van der Waals surface area contributed by atoms with E-state index < -0.39 is 0 Å². The molecule has 0 spiro atoms. The van der Waals surface area contributed by atoms with Crippen LogP contribution in [0.5, 0.6) is 0 Å². The third kappa shape index (κ3) is 1.58. The summed E-state index contributed by atoms with van der Waals surface area (Å²) in [5, 5.41) is 17.1. The monoisotopic (exact) mass is 169 g/mol. The second-order valence-corrected chi connectivity index (χ2v) is 2.14. The molecule has 0 unspecified atom stereocenters. The molecule has 0 amide bonds. The van der Waals surface area contributed by atoms with Crippen LogP contribution in [-0.4, -0.2) is 10.2 Å². The number of nitriles is 1. The maximum absolute atomic E-state index is 8.46. The summed E-state index contributed by atoms with van der Waals surface area (Å²) < 4.78 is 0. The smallest absolute Gasteiger partial charge is 0.167 e. The predicted octanol–water partition coefficient (Wildman–Crippen LogP) is 1.41. The Labute approximate surface area is 68.0 Å². The third-order valence-electron chi connectivity index (χ3n) is 1.09. The number of anilines is 1. The van der Waals surface area contributed by atoms with Gasteiger partial charge in [0, 0.05) is 0 Å². The highest BCUT2D eigenvalue weighted by molar-refractivity contribution is 6.29. The van der Waals surface area contributed by atoms with E-state index in [1.165, 1.54) is 12.1 Å². The molecule has 0 aliphatic rings. The third-order valence-corrected chi connectivity index (χ3v) is 1.30. The zero-order valence-corrected chi connectivity index (χ0v) is 6.13.